The van der Waals surface area contributed by atoms with Crippen LogP contribution in [0.15, 0.2) is 78.9 Å². The average Bonchev–Trinajstić information content (AvgIpc) is 3.63. The van der Waals surface area contributed by atoms with Crippen LogP contribution in [0.25, 0.3) is 0 Å². The summed E-state index contributed by atoms with van der Waals surface area (Å²) in [7, 11) is 0. The molecule has 8 heteroatoms. The molecule has 0 saturated carbocycles. The van der Waals surface area contributed by atoms with Gasteiger partial charge in [0.05, 0.1) is 19.1 Å². The number of amides is 4. The Morgan fingerprint density at radius 2 is 1.54 bits per heavy atom. The van der Waals surface area contributed by atoms with Crippen molar-refractivity contribution in [2.75, 3.05) is 19.6 Å². The van der Waals surface area contributed by atoms with Crippen LogP contribution in [-0.2, 0) is 17.9 Å². The maximum Gasteiger partial charge on any atom is 0.342 e. The zero-order chi connectivity index (χ0) is 26.5. The fourth-order valence-corrected chi connectivity index (χ4v) is 6.81. The molecule has 1 N–H and O–H groups in total. The predicted molar refractivity (Wildman–Crippen MR) is 145 cm³/mol. The smallest absolute Gasteiger partial charge is 0.293 e. The molecule has 198 valence electrons. The highest BCUT2D eigenvalue weighted by molar-refractivity contribution is 6.01. The Morgan fingerprint density at radius 1 is 0.821 bits per heavy atom. The molecule has 39 heavy (non-hydrogen) atoms. The number of hydrogen-bond acceptors (Lipinski definition) is 5. The number of imide groups is 1. The van der Waals surface area contributed by atoms with Crippen molar-refractivity contribution in [3.63, 3.8) is 0 Å². The Morgan fingerprint density at radius 3 is 2.18 bits per heavy atom. The number of piperazine rings is 1. The number of hydrogen-bond donors (Lipinski definition) is 1. The SMILES string of the molecule is O=C1CCN(N2Cc3cc(CN4C[C@H]5C[C@@H]4CN5C(c4ccccc4)c4ccccc4)ccc3C2=O)C(=O)N1. The van der Waals surface area contributed by atoms with Gasteiger partial charge in [0.25, 0.3) is 5.91 Å². The molecule has 3 aromatic carbocycles. The largest absolute Gasteiger partial charge is 0.342 e. The highest BCUT2D eigenvalue weighted by Gasteiger charge is 2.46. The first kappa shape index (κ1) is 24.1. The van der Waals surface area contributed by atoms with Gasteiger partial charge in [0, 0.05) is 43.7 Å². The molecular formula is C31H31N5O3. The minimum Gasteiger partial charge on any atom is -0.293 e. The molecule has 2 bridgehead atoms. The minimum absolute atomic E-state index is 0.190. The Labute approximate surface area is 227 Å². The molecule has 3 saturated heterocycles. The van der Waals surface area contributed by atoms with Crippen molar-refractivity contribution >= 4 is 17.8 Å². The third kappa shape index (κ3) is 4.30. The third-order valence-corrected chi connectivity index (χ3v) is 8.62. The van der Waals surface area contributed by atoms with Gasteiger partial charge in [0.2, 0.25) is 5.91 Å². The van der Waals surface area contributed by atoms with Crippen LogP contribution in [0.4, 0.5) is 4.79 Å². The Balaban J connectivity index is 1.05. The van der Waals surface area contributed by atoms with E-state index < -0.39 is 6.03 Å². The van der Waals surface area contributed by atoms with Gasteiger partial charge in [-0.25, -0.2) is 14.8 Å². The second-order valence-corrected chi connectivity index (χ2v) is 11.0. The van der Waals surface area contributed by atoms with Gasteiger partial charge in [0.15, 0.2) is 0 Å². The predicted octanol–water partition coefficient (Wildman–Crippen LogP) is 3.55. The standard InChI is InChI=1S/C31H31N5O3/c37-28-13-14-35(31(39)32-28)36-18-24-15-21(11-12-27(24)30(36)38)17-33-19-26-16-25(33)20-34(26)29(22-7-3-1-4-8-22)23-9-5-2-6-10-23/h1-12,15,25-26,29H,13-14,16-20H2,(H,32,37,39)/t25-,26-/m1/s1. The maximum absolute atomic E-state index is 13.0. The summed E-state index contributed by atoms with van der Waals surface area (Å²) < 4.78 is 0. The molecule has 3 aromatic rings. The summed E-state index contributed by atoms with van der Waals surface area (Å²) in [6.07, 6.45) is 1.36. The molecule has 3 fully saturated rings. The summed E-state index contributed by atoms with van der Waals surface area (Å²) in [6, 6.07) is 28.4. The fourth-order valence-electron chi connectivity index (χ4n) is 6.81. The lowest BCUT2D eigenvalue weighted by Crippen LogP contribution is -2.56. The third-order valence-electron chi connectivity index (χ3n) is 8.62. The van der Waals surface area contributed by atoms with Crippen molar-refractivity contribution in [1.82, 2.24) is 25.1 Å². The van der Waals surface area contributed by atoms with Crippen molar-refractivity contribution in [2.24, 2.45) is 0 Å². The monoisotopic (exact) mass is 521 g/mol. The number of urea groups is 1. The number of benzene rings is 3. The number of rotatable bonds is 6. The van der Waals surface area contributed by atoms with Crippen molar-refractivity contribution in [1.29, 1.82) is 0 Å². The van der Waals surface area contributed by atoms with Gasteiger partial charge in [0.1, 0.15) is 0 Å². The lowest BCUT2D eigenvalue weighted by Gasteiger charge is -2.39. The first-order valence-electron chi connectivity index (χ1n) is 13.7. The Bertz CT molecular complexity index is 1390. The number of fused-ring (bicyclic) bond motifs is 3. The van der Waals surface area contributed by atoms with Crippen LogP contribution in [0.5, 0.6) is 0 Å². The molecule has 0 aromatic heterocycles. The number of likely N-dealkylation sites (tertiary alicyclic amines) is 2. The van der Waals surface area contributed by atoms with Crippen LogP contribution in [-0.4, -0.2) is 69.4 Å². The lowest BCUT2D eigenvalue weighted by atomic mass is 9.96. The highest BCUT2D eigenvalue weighted by atomic mass is 16.2. The summed E-state index contributed by atoms with van der Waals surface area (Å²) in [6.45, 7) is 3.46. The second kappa shape index (κ2) is 9.63. The van der Waals surface area contributed by atoms with Gasteiger partial charge < -0.3 is 0 Å². The number of carbonyl (C=O) groups excluding carboxylic acids is 3. The zero-order valence-corrected chi connectivity index (χ0v) is 21.7. The maximum atomic E-state index is 13.0. The summed E-state index contributed by atoms with van der Waals surface area (Å²) in [5.41, 5.74) is 5.42. The zero-order valence-electron chi connectivity index (χ0n) is 21.7. The molecular weight excluding hydrogens is 490 g/mol. The normalized spacial score (nSPS) is 23.2. The topological polar surface area (TPSA) is 76.2 Å². The Hall–Kier alpha value is -4.01. The quantitative estimate of drug-likeness (QED) is 0.537. The molecule has 0 aliphatic carbocycles. The number of nitrogens with one attached hydrogen (secondary N) is 1. The summed E-state index contributed by atoms with van der Waals surface area (Å²) in [5.74, 6) is -0.496. The van der Waals surface area contributed by atoms with Gasteiger partial charge >= 0.3 is 6.03 Å². The molecule has 7 rings (SSSR count). The van der Waals surface area contributed by atoms with Crippen molar-refractivity contribution < 1.29 is 14.4 Å². The van der Waals surface area contributed by atoms with Gasteiger partial charge in [-0.2, -0.15) is 0 Å². The van der Waals surface area contributed by atoms with E-state index in [1.807, 2.05) is 12.1 Å². The molecule has 4 aliphatic rings. The van der Waals surface area contributed by atoms with E-state index in [0.717, 1.165) is 31.6 Å². The van der Waals surface area contributed by atoms with Crippen molar-refractivity contribution in [3.8, 4) is 0 Å². The van der Waals surface area contributed by atoms with Crippen molar-refractivity contribution in [2.45, 2.75) is 44.1 Å². The minimum atomic E-state index is -0.533. The molecule has 8 nitrogen and oxygen atoms in total. The number of nitrogens with zero attached hydrogens (tertiary/aromatic N) is 4. The van der Waals surface area contributed by atoms with Crippen LogP contribution in [0.3, 0.4) is 0 Å². The average molecular weight is 522 g/mol. The van der Waals surface area contributed by atoms with Crippen LogP contribution in [0.1, 0.15) is 51.5 Å². The molecule has 0 unspecified atom stereocenters. The van der Waals surface area contributed by atoms with Crippen LogP contribution >= 0.6 is 0 Å². The van der Waals surface area contributed by atoms with Gasteiger partial charge in [-0.1, -0.05) is 72.8 Å². The van der Waals surface area contributed by atoms with E-state index in [0.29, 0.717) is 24.2 Å². The number of hydrazine groups is 1. The van der Waals surface area contributed by atoms with Gasteiger partial charge in [-0.05, 0) is 34.7 Å². The second-order valence-electron chi connectivity index (χ2n) is 11.0. The summed E-state index contributed by atoms with van der Waals surface area (Å²) in [4.78, 5) is 42.1. The first-order valence-corrected chi connectivity index (χ1v) is 13.7. The number of carbonyl (C=O) groups is 3. The van der Waals surface area contributed by atoms with Gasteiger partial charge in [-0.3, -0.25) is 24.7 Å². The molecule has 4 amide bonds. The lowest BCUT2D eigenvalue weighted by molar-refractivity contribution is -0.123. The van der Waals surface area contributed by atoms with E-state index in [1.165, 1.54) is 26.7 Å². The highest BCUT2D eigenvalue weighted by Crippen LogP contribution is 2.40. The van der Waals surface area contributed by atoms with E-state index in [-0.39, 0.29) is 30.8 Å². The molecule has 0 radical (unpaired) electrons. The first-order chi connectivity index (χ1) is 19.0. The van der Waals surface area contributed by atoms with E-state index in [9.17, 15) is 14.4 Å². The van der Waals surface area contributed by atoms with Crippen LogP contribution in [0.2, 0.25) is 0 Å². The summed E-state index contributed by atoms with van der Waals surface area (Å²) in [5, 5.41) is 5.12. The van der Waals surface area contributed by atoms with Crippen LogP contribution in [0, 0.1) is 0 Å². The molecule has 0 spiro atoms. The Kier molecular flexibility index (Phi) is 5.94. The van der Waals surface area contributed by atoms with E-state index in [4.69, 9.17) is 0 Å². The fraction of sp³-hybridized carbons (Fsp3) is 0.323. The van der Waals surface area contributed by atoms with Gasteiger partial charge in [-0.15, -0.1) is 0 Å². The molecule has 2 atom stereocenters. The molecule has 4 heterocycles. The van der Waals surface area contributed by atoms with E-state index >= 15 is 0 Å². The summed E-state index contributed by atoms with van der Waals surface area (Å²) >= 11 is 0. The van der Waals surface area contributed by atoms with Crippen LogP contribution < -0.4 is 5.32 Å². The van der Waals surface area contributed by atoms with Crippen molar-refractivity contribution in [3.05, 3.63) is 107 Å². The van der Waals surface area contributed by atoms with E-state index in [2.05, 4.69) is 81.8 Å². The molecule has 4 aliphatic heterocycles. The van der Waals surface area contributed by atoms with E-state index in [1.54, 1.807) is 0 Å².